The molecule has 0 fully saturated rings. The molecule has 1 aliphatic rings. The van der Waals surface area contributed by atoms with Crippen LogP contribution in [0.4, 0.5) is 27.9 Å². The fourth-order valence-electron chi connectivity index (χ4n) is 4.55. The minimum absolute atomic E-state index is 0.0865. The van der Waals surface area contributed by atoms with Crippen molar-refractivity contribution in [3.8, 4) is 16.9 Å². The molecular formula is C23H17F5N8O2. The van der Waals surface area contributed by atoms with Gasteiger partial charge in [-0.2, -0.15) is 5.10 Å². The van der Waals surface area contributed by atoms with Crippen LogP contribution in [0.25, 0.3) is 22.4 Å². The Morgan fingerprint density at radius 1 is 1.05 bits per heavy atom. The van der Waals surface area contributed by atoms with Crippen molar-refractivity contribution in [2.75, 3.05) is 11.9 Å². The molecule has 0 saturated carbocycles. The largest absolute Gasteiger partial charge is 0.493 e. The maximum atomic E-state index is 14.5. The van der Waals surface area contributed by atoms with E-state index >= 15 is 0 Å². The third kappa shape index (κ3) is 3.53. The molecule has 4 aromatic heterocycles. The van der Waals surface area contributed by atoms with Gasteiger partial charge in [-0.1, -0.05) is 0 Å². The molecule has 196 valence electrons. The summed E-state index contributed by atoms with van der Waals surface area (Å²) in [7, 11) is 0. The summed E-state index contributed by atoms with van der Waals surface area (Å²) in [5, 5.41) is 25.0. The zero-order valence-corrected chi connectivity index (χ0v) is 19.2. The third-order valence-corrected chi connectivity index (χ3v) is 6.49. The van der Waals surface area contributed by atoms with Crippen molar-refractivity contribution >= 4 is 17.2 Å². The molecule has 6 rings (SSSR count). The third-order valence-electron chi connectivity index (χ3n) is 6.49. The number of ether oxygens (including phenoxy) is 1. The van der Waals surface area contributed by atoms with Crippen LogP contribution in [0.1, 0.15) is 16.8 Å². The highest BCUT2D eigenvalue weighted by atomic mass is 19.3. The first-order valence-corrected chi connectivity index (χ1v) is 11.3. The Balaban J connectivity index is 1.40. The maximum Gasteiger partial charge on any atom is 0.278 e. The number of benzene rings is 1. The molecule has 2 N–H and O–H groups in total. The van der Waals surface area contributed by atoms with Gasteiger partial charge in [0, 0.05) is 41.4 Å². The van der Waals surface area contributed by atoms with Crippen LogP contribution < -0.4 is 10.1 Å². The Morgan fingerprint density at radius 2 is 1.87 bits per heavy atom. The van der Waals surface area contributed by atoms with E-state index in [2.05, 4.69) is 30.6 Å². The van der Waals surface area contributed by atoms with Gasteiger partial charge in [-0.25, -0.2) is 36.4 Å². The Hall–Kier alpha value is -4.40. The Kier molecular flexibility index (Phi) is 5.59. The molecule has 15 heteroatoms. The van der Waals surface area contributed by atoms with Gasteiger partial charge < -0.3 is 15.2 Å². The van der Waals surface area contributed by atoms with Crippen molar-refractivity contribution in [3.63, 3.8) is 0 Å². The van der Waals surface area contributed by atoms with Crippen molar-refractivity contribution in [2.45, 2.75) is 31.4 Å². The number of rotatable bonds is 7. The summed E-state index contributed by atoms with van der Waals surface area (Å²) >= 11 is 0. The smallest absolute Gasteiger partial charge is 0.278 e. The number of nitrogens with one attached hydrogen (secondary N) is 1. The summed E-state index contributed by atoms with van der Waals surface area (Å²) in [5.41, 5.74) is -2.61. The van der Waals surface area contributed by atoms with Crippen molar-refractivity contribution < 1.29 is 31.8 Å². The first-order valence-electron chi connectivity index (χ1n) is 11.3. The van der Waals surface area contributed by atoms with Gasteiger partial charge in [0.25, 0.3) is 12.9 Å². The van der Waals surface area contributed by atoms with E-state index in [1.54, 1.807) is 6.07 Å². The van der Waals surface area contributed by atoms with Crippen LogP contribution >= 0.6 is 0 Å². The number of anilines is 1. The SMILES string of the molecule is OC(c1ccc(-c2cnc(NCc3c(F)ccc4c3CCO4)n3cnnc23)c2ncnn12)(C(F)F)C(F)F. The average molecular weight is 532 g/mol. The predicted octanol–water partition coefficient (Wildman–Crippen LogP) is 3.24. The molecule has 5 aromatic rings. The molecule has 10 nitrogen and oxygen atoms in total. The molecule has 5 heterocycles. The fourth-order valence-corrected chi connectivity index (χ4v) is 4.55. The number of aliphatic hydroxyl groups is 1. The Bertz CT molecular complexity index is 1660. The first kappa shape index (κ1) is 24.0. The van der Waals surface area contributed by atoms with E-state index in [0.29, 0.717) is 29.9 Å². The zero-order chi connectivity index (χ0) is 26.6. The molecule has 0 atom stereocenters. The summed E-state index contributed by atoms with van der Waals surface area (Å²) < 4.78 is 76.4. The zero-order valence-electron chi connectivity index (χ0n) is 19.2. The highest BCUT2D eigenvalue weighted by Crippen LogP contribution is 2.37. The minimum atomic E-state index is -3.79. The summed E-state index contributed by atoms with van der Waals surface area (Å²) in [4.78, 5) is 8.40. The van der Waals surface area contributed by atoms with Gasteiger partial charge in [-0.05, 0) is 24.3 Å². The molecule has 0 radical (unpaired) electrons. The minimum Gasteiger partial charge on any atom is -0.493 e. The van der Waals surface area contributed by atoms with Crippen molar-refractivity contribution in [3.05, 3.63) is 65.8 Å². The van der Waals surface area contributed by atoms with Crippen LogP contribution in [0, 0.1) is 5.82 Å². The van der Waals surface area contributed by atoms with Crippen molar-refractivity contribution in [1.82, 2.24) is 34.2 Å². The molecule has 0 saturated heterocycles. The highest BCUT2D eigenvalue weighted by molar-refractivity contribution is 5.86. The molecule has 38 heavy (non-hydrogen) atoms. The van der Waals surface area contributed by atoms with Gasteiger partial charge in [0.2, 0.25) is 11.5 Å². The molecule has 0 aliphatic carbocycles. The Morgan fingerprint density at radius 3 is 2.66 bits per heavy atom. The predicted molar refractivity (Wildman–Crippen MR) is 122 cm³/mol. The van der Waals surface area contributed by atoms with Crippen LogP contribution in [0.5, 0.6) is 5.75 Å². The van der Waals surface area contributed by atoms with Gasteiger partial charge >= 0.3 is 0 Å². The second-order valence-corrected chi connectivity index (χ2v) is 8.53. The summed E-state index contributed by atoms with van der Waals surface area (Å²) in [6.45, 7) is 0.567. The van der Waals surface area contributed by atoms with E-state index in [1.165, 1.54) is 29.1 Å². The number of fused-ring (bicyclic) bond motifs is 3. The lowest BCUT2D eigenvalue weighted by molar-refractivity contribution is -0.186. The monoisotopic (exact) mass is 532 g/mol. The standard InChI is InChI=1S/C23H17F5N8O2/c24-15-2-3-16-11(5-6-38-16)13(15)7-29-22-30-8-14(19-34-32-10-35(19)22)12-1-4-17(36-18(12)31-9-33-36)23(37,20(25)26)21(27)28/h1-4,8-10,20-21,37H,5-7H2,(H,29,30). The summed E-state index contributed by atoms with van der Waals surface area (Å²) in [5.74, 6) is 0.524. The van der Waals surface area contributed by atoms with E-state index < -0.39 is 24.1 Å². The van der Waals surface area contributed by atoms with E-state index in [9.17, 15) is 27.1 Å². The normalized spacial score (nSPS) is 13.6. The van der Waals surface area contributed by atoms with E-state index in [0.717, 1.165) is 22.5 Å². The van der Waals surface area contributed by atoms with Crippen molar-refractivity contribution in [2.24, 2.45) is 0 Å². The quantitative estimate of drug-likeness (QED) is 0.307. The number of halogens is 5. The summed E-state index contributed by atoms with van der Waals surface area (Å²) in [6.07, 6.45) is -3.26. The fraction of sp³-hybridized carbons (Fsp3) is 0.261. The number of hydrogen-bond acceptors (Lipinski definition) is 8. The molecule has 0 bridgehead atoms. The number of pyridine rings is 1. The van der Waals surface area contributed by atoms with Gasteiger partial charge in [0.05, 0.1) is 12.3 Å². The van der Waals surface area contributed by atoms with Gasteiger partial charge in [-0.15, -0.1) is 10.2 Å². The van der Waals surface area contributed by atoms with Gasteiger partial charge in [-0.3, -0.25) is 4.40 Å². The molecular weight excluding hydrogens is 515 g/mol. The lowest BCUT2D eigenvalue weighted by Crippen LogP contribution is -2.43. The maximum absolute atomic E-state index is 14.5. The van der Waals surface area contributed by atoms with Crippen LogP contribution in [0.2, 0.25) is 0 Å². The number of aromatic nitrogens is 7. The van der Waals surface area contributed by atoms with Crippen LogP contribution in [0.15, 0.2) is 43.1 Å². The molecule has 1 aromatic carbocycles. The highest BCUT2D eigenvalue weighted by Gasteiger charge is 2.51. The van der Waals surface area contributed by atoms with Crippen molar-refractivity contribution in [1.29, 1.82) is 0 Å². The van der Waals surface area contributed by atoms with Gasteiger partial charge in [0.1, 0.15) is 24.2 Å². The lowest BCUT2D eigenvalue weighted by atomic mass is 9.98. The second-order valence-electron chi connectivity index (χ2n) is 8.53. The number of nitrogens with zero attached hydrogens (tertiary/aromatic N) is 7. The molecule has 0 unspecified atom stereocenters. The van der Waals surface area contributed by atoms with Crippen LogP contribution in [-0.2, 0) is 18.6 Å². The average Bonchev–Trinajstić information content (AvgIpc) is 3.67. The molecule has 1 aliphatic heterocycles. The van der Waals surface area contributed by atoms with E-state index in [4.69, 9.17) is 4.74 Å². The van der Waals surface area contributed by atoms with Gasteiger partial charge in [0.15, 0.2) is 11.3 Å². The summed E-state index contributed by atoms with van der Waals surface area (Å²) in [6, 6.07) is 5.10. The van der Waals surface area contributed by atoms with Crippen LogP contribution in [-0.4, -0.2) is 58.7 Å². The second kappa shape index (κ2) is 8.86. The number of hydrogen-bond donors (Lipinski definition) is 2. The topological polar surface area (TPSA) is 115 Å². The molecule has 0 spiro atoms. The first-order chi connectivity index (χ1) is 18.3. The molecule has 0 amide bonds. The van der Waals surface area contributed by atoms with E-state index in [-0.39, 0.29) is 35.2 Å². The number of alkyl halides is 4. The van der Waals surface area contributed by atoms with Crippen LogP contribution in [0.3, 0.4) is 0 Å². The van der Waals surface area contributed by atoms with E-state index in [1.807, 2.05) is 0 Å². The lowest BCUT2D eigenvalue weighted by Gasteiger charge is -2.27. The Labute approximate surface area is 209 Å².